The van der Waals surface area contributed by atoms with E-state index in [0.29, 0.717) is 0 Å². The molecule has 1 fully saturated rings. The lowest BCUT2D eigenvalue weighted by molar-refractivity contribution is -0.120. The Bertz CT molecular complexity index is 462. The summed E-state index contributed by atoms with van der Waals surface area (Å²) in [5, 5.41) is 6.10. The minimum Gasteiger partial charge on any atom is -0.495 e. The van der Waals surface area contributed by atoms with Crippen LogP contribution < -0.4 is 15.4 Å². The third kappa shape index (κ3) is 4.38. The van der Waals surface area contributed by atoms with Crippen molar-refractivity contribution in [3.63, 3.8) is 0 Å². The molecule has 0 saturated carbocycles. The maximum atomic E-state index is 11.9. The van der Waals surface area contributed by atoms with E-state index in [-0.39, 0.29) is 18.5 Å². The number of halogens is 1. The fourth-order valence-corrected chi connectivity index (χ4v) is 2.48. The van der Waals surface area contributed by atoms with E-state index in [4.69, 9.17) is 9.47 Å². The van der Waals surface area contributed by atoms with Crippen LogP contribution >= 0.6 is 15.9 Å². The molecule has 0 aromatic heterocycles. The molecular formula is C14H19BrN2O3. The van der Waals surface area contributed by atoms with Crippen molar-refractivity contribution in [3.8, 4) is 5.75 Å². The van der Waals surface area contributed by atoms with Crippen LogP contribution in [0.25, 0.3) is 0 Å². The number of carbonyl (C=O) groups excluding carboxylic acids is 1. The molecule has 0 atom stereocenters. The zero-order chi connectivity index (χ0) is 14.4. The van der Waals surface area contributed by atoms with Crippen molar-refractivity contribution in [3.05, 3.63) is 22.7 Å². The Balaban J connectivity index is 1.80. The largest absolute Gasteiger partial charge is 0.495 e. The lowest BCUT2D eigenvalue weighted by Gasteiger charge is -2.23. The third-order valence-electron chi connectivity index (χ3n) is 3.19. The van der Waals surface area contributed by atoms with Gasteiger partial charge in [0.05, 0.1) is 18.1 Å². The number of amides is 1. The van der Waals surface area contributed by atoms with E-state index in [9.17, 15) is 4.79 Å². The van der Waals surface area contributed by atoms with Gasteiger partial charge in [0.2, 0.25) is 5.91 Å². The highest BCUT2D eigenvalue weighted by atomic mass is 79.9. The molecule has 6 heteroatoms. The fraction of sp³-hybridized carbons (Fsp3) is 0.500. The smallest absolute Gasteiger partial charge is 0.239 e. The van der Waals surface area contributed by atoms with Crippen molar-refractivity contribution in [1.82, 2.24) is 5.32 Å². The molecule has 1 aliphatic heterocycles. The number of methoxy groups -OCH3 is 1. The second-order valence-corrected chi connectivity index (χ2v) is 5.51. The van der Waals surface area contributed by atoms with Gasteiger partial charge in [0, 0.05) is 31.0 Å². The van der Waals surface area contributed by atoms with Crippen molar-refractivity contribution in [2.24, 2.45) is 0 Å². The standard InChI is InChI=1S/C14H19BrN2O3/c1-19-13-8-11(2-3-12(13)15)16-9-14(18)17-10-4-6-20-7-5-10/h2-3,8,10,16H,4-7,9H2,1H3,(H,17,18). The van der Waals surface area contributed by atoms with Gasteiger partial charge in [-0.1, -0.05) is 0 Å². The molecule has 0 unspecified atom stereocenters. The van der Waals surface area contributed by atoms with E-state index < -0.39 is 0 Å². The number of ether oxygens (including phenoxy) is 2. The van der Waals surface area contributed by atoms with E-state index in [0.717, 1.165) is 42.0 Å². The Labute approximate surface area is 127 Å². The van der Waals surface area contributed by atoms with E-state index in [1.807, 2.05) is 18.2 Å². The van der Waals surface area contributed by atoms with Crippen molar-refractivity contribution in [2.75, 3.05) is 32.2 Å². The zero-order valence-electron chi connectivity index (χ0n) is 11.4. The summed E-state index contributed by atoms with van der Waals surface area (Å²) in [6.45, 7) is 1.70. The average Bonchev–Trinajstić information content (AvgIpc) is 2.47. The first-order valence-corrected chi connectivity index (χ1v) is 7.43. The van der Waals surface area contributed by atoms with Gasteiger partial charge in [0.1, 0.15) is 5.75 Å². The van der Waals surface area contributed by atoms with Crippen LogP contribution in [0.15, 0.2) is 22.7 Å². The van der Waals surface area contributed by atoms with Crippen LogP contribution in [0.1, 0.15) is 12.8 Å². The summed E-state index contributed by atoms with van der Waals surface area (Å²) < 4.78 is 11.4. The lowest BCUT2D eigenvalue weighted by Crippen LogP contribution is -2.41. The maximum Gasteiger partial charge on any atom is 0.239 e. The number of rotatable bonds is 5. The fourth-order valence-electron chi connectivity index (χ4n) is 2.07. The molecule has 20 heavy (non-hydrogen) atoms. The molecule has 0 radical (unpaired) electrons. The highest BCUT2D eigenvalue weighted by Gasteiger charge is 2.15. The minimum atomic E-state index is -0.00112. The van der Waals surface area contributed by atoms with Gasteiger partial charge in [0.15, 0.2) is 0 Å². The monoisotopic (exact) mass is 342 g/mol. The van der Waals surface area contributed by atoms with E-state index >= 15 is 0 Å². The van der Waals surface area contributed by atoms with Crippen LogP contribution in [0.3, 0.4) is 0 Å². The van der Waals surface area contributed by atoms with Crippen LogP contribution in [0.4, 0.5) is 5.69 Å². The SMILES string of the molecule is COc1cc(NCC(=O)NC2CCOCC2)ccc1Br. The van der Waals surface area contributed by atoms with Gasteiger partial charge in [-0.05, 0) is 40.9 Å². The normalized spacial score (nSPS) is 15.7. The number of anilines is 1. The molecule has 1 heterocycles. The Hall–Kier alpha value is -1.27. The Morgan fingerprint density at radius 3 is 2.90 bits per heavy atom. The van der Waals surface area contributed by atoms with E-state index in [2.05, 4.69) is 26.6 Å². The van der Waals surface area contributed by atoms with Crippen LogP contribution in [-0.2, 0) is 9.53 Å². The lowest BCUT2D eigenvalue weighted by atomic mass is 10.1. The van der Waals surface area contributed by atoms with Gasteiger partial charge >= 0.3 is 0 Å². The molecule has 5 nitrogen and oxygen atoms in total. The van der Waals surface area contributed by atoms with Crippen LogP contribution in [0.2, 0.25) is 0 Å². The predicted octanol–water partition coefficient (Wildman–Crippen LogP) is 2.16. The van der Waals surface area contributed by atoms with Crippen LogP contribution in [0, 0.1) is 0 Å². The van der Waals surface area contributed by atoms with Gasteiger partial charge in [-0.25, -0.2) is 0 Å². The van der Waals surface area contributed by atoms with E-state index in [1.54, 1.807) is 7.11 Å². The summed E-state index contributed by atoms with van der Waals surface area (Å²) in [6, 6.07) is 5.87. The molecule has 1 aromatic rings. The van der Waals surface area contributed by atoms with Crippen molar-refractivity contribution in [2.45, 2.75) is 18.9 Å². The van der Waals surface area contributed by atoms with Crippen molar-refractivity contribution >= 4 is 27.5 Å². The van der Waals surface area contributed by atoms with Gasteiger partial charge in [-0.2, -0.15) is 0 Å². The quantitative estimate of drug-likeness (QED) is 0.860. The van der Waals surface area contributed by atoms with Gasteiger partial charge in [-0.3, -0.25) is 4.79 Å². The van der Waals surface area contributed by atoms with E-state index in [1.165, 1.54) is 0 Å². The summed E-state index contributed by atoms with van der Waals surface area (Å²) in [5.74, 6) is 0.735. The third-order valence-corrected chi connectivity index (χ3v) is 3.85. The molecule has 0 spiro atoms. The van der Waals surface area contributed by atoms with Gasteiger partial charge in [0.25, 0.3) is 0 Å². The molecule has 1 amide bonds. The highest BCUT2D eigenvalue weighted by molar-refractivity contribution is 9.10. The molecule has 110 valence electrons. The molecule has 0 aliphatic carbocycles. The summed E-state index contributed by atoms with van der Waals surface area (Å²) in [5.41, 5.74) is 0.854. The highest BCUT2D eigenvalue weighted by Crippen LogP contribution is 2.27. The Morgan fingerprint density at radius 1 is 1.45 bits per heavy atom. The summed E-state index contributed by atoms with van der Waals surface area (Å²) in [6.07, 6.45) is 1.77. The number of hydrogen-bond donors (Lipinski definition) is 2. The second-order valence-electron chi connectivity index (χ2n) is 4.66. The first kappa shape index (κ1) is 15.1. The summed E-state index contributed by atoms with van der Waals surface area (Å²) in [4.78, 5) is 11.9. The number of benzene rings is 1. The summed E-state index contributed by atoms with van der Waals surface area (Å²) >= 11 is 3.39. The molecule has 0 bridgehead atoms. The second kappa shape index (κ2) is 7.50. The molecular weight excluding hydrogens is 324 g/mol. The number of nitrogens with one attached hydrogen (secondary N) is 2. The molecule has 1 aromatic carbocycles. The average molecular weight is 343 g/mol. The van der Waals surface area contributed by atoms with Crippen LogP contribution in [-0.4, -0.2) is 38.8 Å². The molecule has 2 rings (SSSR count). The molecule has 1 saturated heterocycles. The van der Waals surface area contributed by atoms with Crippen LogP contribution in [0.5, 0.6) is 5.75 Å². The van der Waals surface area contributed by atoms with Gasteiger partial charge < -0.3 is 20.1 Å². The Kier molecular flexibility index (Phi) is 5.67. The topological polar surface area (TPSA) is 59.6 Å². The Morgan fingerprint density at radius 2 is 2.20 bits per heavy atom. The zero-order valence-corrected chi connectivity index (χ0v) is 13.0. The van der Waals surface area contributed by atoms with Gasteiger partial charge in [-0.15, -0.1) is 0 Å². The van der Waals surface area contributed by atoms with Crippen molar-refractivity contribution < 1.29 is 14.3 Å². The minimum absolute atomic E-state index is 0.00112. The number of hydrogen-bond acceptors (Lipinski definition) is 4. The first-order valence-electron chi connectivity index (χ1n) is 6.63. The molecule has 2 N–H and O–H groups in total. The number of carbonyl (C=O) groups is 1. The van der Waals surface area contributed by atoms with Crippen molar-refractivity contribution in [1.29, 1.82) is 0 Å². The summed E-state index contributed by atoms with van der Waals surface area (Å²) in [7, 11) is 1.61. The molecule has 1 aliphatic rings. The maximum absolute atomic E-state index is 11.9. The first-order chi connectivity index (χ1) is 9.69. The predicted molar refractivity (Wildman–Crippen MR) is 81.2 cm³/mol.